The summed E-state index contributed by atoms with van der Waals surface area (Å²) in [5, 5.41) is 2.33. The van der Waals surface area contributed by atoms with Gasteiger partial charge in [-0.25, -0.2) is 4.79 Å². The van der Waals surface area contributed by atoms with Crippen LogP contribution in [0.15, 0.2) is 0 Å². The van der Waals surface area contributed by atoms with Crippen molar-refractivity contribution in [3.8, 4) is 0 Å². The topological polar surface area (TPSA) is 50.8 Å². The Morgan fingerprint density at radius 1 is 1.43 bits per heavy atom. The van der Waals surface area contributed by atoms with Gasteiger partial charge in [0.05, 0.1) is 6.61 Å². The molecule has 0 aromatic carbocycles. The number of nitrogens with one attached hydrogen (secondary N) is 1. The molecule has 6 heteroatoms. The van der Waals surface area contributed by atoms with Gasteiger partial charge in [-0.15, -0.1) is 0 Å². The summed E-state index contributed by atoms with van der Waals surface area (Å²) in [4.78, 5) is 12.8. The number of carbonyl (C=O) groups excluding carboxylic acids is 1. The molecule has 1 N–H and O–H groups in total. The van der Waals surface area contributed by atoms with E-state index in [0.29, 0.717) is 13.2 Å². The monoisotopic (exact) mass is 220 g/mol. The number of carbonyl (C=O) groups is 1. The van der Waals surface area contributed by atoms with Gasteiger partial charge >= 0.3 is 6.09 Å². The van der Waals surface area contributed by atoms with Crippen molar-refractivity contribution in [2.45, 2.75) is 6.92 Å². The molecule has 14 heavy (non-hydrogen) atoms. The van der Waals surface area contributed by atoms with Crippen LogP contribution >= 0.6 is 12.2 Å². The molecule has 0 atom stereocenters. The Balaban J connectivity index is 3.50. The third-order valence-electron chi connectivity index (χ3n) is 1.25. The molecular formula is C8H16N2O3S. The van der Waals surface area contributed by atoms with Gasteiger partial charge in [-0.1, -0.05) is 0 Å². The molecule has 82 valence electrons. The first-order valence-corrected chi connectivity index (χ1v) is 4.72. The summed E-state index contributed by atoms with van der Waals surface area (Å²) < 4.78 is 9.66. The molecule has 0 aromatic heterocycles. The Kier molecular flexibility index (Phi) is 7.04. The maximum atomic E-state index is 10.8. The van der Waals surface area contributed by atoms with Crippen molar-refractivity contribution in [3.63, 3.8) is 0 Å². The molecule has 0 aliphatic heterocycles. The summed E-state index contributed by atoms with van der Waals surface area (Å²) in [5.41, 5.74) is 0. The normalized spacial score (nSPS) is 9.71. The smallest absolute Gasteiger partial charge is 0.414 e. The highest BCUT2D eigenvalue weighted by Crippen LogP contribution is 1.83. The van der Waals surface area contributed by atoms with Crippen molar-refractivity contribution in [1.29, 1.82) is 0 Å². The van der Waals surface area contributed by atoms with E-state index in [2.05, 4.69) is 10.1 Å². The lowest BCUT2D eigenvalue weighted by molar-refractivity contribution is 0.154. The van der Waals surface area contributed by atoms with Crippen LogP contribution in [0.4, 0.5) is 4.79 Å². The number of ether oxygens (including phenoxy) is 2. The maximum absolute atomic E-state index is 10.8. The summed E-state index contributed by atoms with van der Waals surface area (Å²) in [5.74, 6) is 0. The highest BCUT2D eigenvalue weighted by atomic mass is 32.1. The molecule has 0 unspecified atom stereocenters. The summed E-state index contributed by atoms with van der Waals surface area (Å²) in [7, 11) is 3.84. The summed E-state index contributed by atoms with van der Waals surface area (Å²) in [6.45, 7) is 3.21. The van der Waals surface area contributed by atoms with E-state index in [1.807, 2.05) is 19.0 Å². The highest BCUT2D eigenvalue weighted by molar-refractivity contribution is 7.80. The fourth-order valence-corrected chi connectivity index (χ4v) is 0.774. The minimum atomic E-state index is -0.581. The average Bonchev–Trinajstić information content (AvgIpc) is 2.03. The van der Waals surface area contributed by atoms with Crippen molar-refractivity contribution in [1.82, 2.24) is 10.2 Å². The van der Waals surface area contributed by atoms with Crippen LogP contribution in [0.1, 0.15) is 6.92 Å². The first-order valence-electron chi connectivity index (χ1n) is 4.31. The maximum Gasteiger partial charge on any atom is 0.414 e. The molecule has 0 saturated carbocycles. The second-order valence-corrected chi connectivity index (χ2v) is 3.16. The third kappa shape index (κ3) is 7.75. The largest absolute Gasteiger partial charge is 0.469 e. The lowest BCUT2D eigenvalue weighted by Gasteiger charge is -2.11. The Hall–Kier alpha value is -0.880. The van der Waals surface area contributed by atoms with Crippen LogP contribution in [-0.2, 0) is 9.47 Å². The Labute approximate surface area is 89.4 Å². The number of amides is 1. The average molecular weight is 220 g/mol. The van der Waals surface area contributed by atoms with Crippen LogP contribution in [0.25, 0.3) is 0 Å². The van der Waals surface area contributed by atoms with E-state index in [4.69, 9.17) is 17.0 Å². The number of hydrogen-bond acceptors (Lipinski definition) is 5. The predicted molar refractivity (Wildman–Crippen MR) is 57.3 cm³/mol. The third-order valence-corrected chi connectivity index (χ3v) is 1.47. The van der Waals surface area contributed by atoms with Crippen molar-refractivity contribution < 1.29 is 14.3 Å². The van der Waals surface area contributed by atoms with Crippen LogP contribution in [0, 0.1) is 0 Å². The zero-order chi connectivity index (χ0) is 11.0. The van der Waals surface area contributed by atoms with Crippen LogP contribution in [0.5, 0.6) is 0 Å². The van der Waals surface area contributed by atoms with Gasteiger partial charge in [0.2, 0.25) is 0 Å². The molecule has 0 bridgehead atoms. The fraction of sp³-hybridized carbons (Fsp3) is 0.750. The Bertz CT molecular complexity index is 197. The second-order valence-electron chi connectivity index (χ2n) is 2.78. The molecule has 5 nitrogen and oxygen atoms in total. The zero-order valence-corrected chi connectivity index (χ0v) is 9.52. The van der Waals surface area contributed by atoms with E-state index in [1.165, 1.54) is 0 Å². The van der Waals surface area contributed by atoms with Gasteiger partial charge in [-0.3, -0.25) is 5.32 Å². The first kappa shape index (κ1) is 13.1. The molecule has 0 rings (SSSR count). The molecule has 0 radical (unpaired) electrons. The van der Waals surface area contributed by atoms with Gasteiger partial charge in [0.1, 0.15) is 6.61 Å². The van der Waals surface area contributed by atoms with E-state index >= 15 is 0 Å². The number of hydrogen-bond donors (Lipinski definition) is 1. The van der Waals surface area contributed by atoms with Crippen molar-refractivity contribution in [3.05, 3.63) is 0 Å². The highest BCUT2D eigenvalue weighted by Gasteiger charge is 2.04. The molecule has 0 spiro atoms. The SMILES string of the molecule is CCOC(=O)NC(=S)OCCN(C)C. The number of likely N-dealkylation sites (N-methyl/N-ethyl adjacent to an activating group) is 1. The van der Waals surface area contributed by atoms with Gasteiger partial charge in [0.25, 0.3) is 5.17 Å². The Morgan fingerprint density at radius 3 is 2.57 bits per heavy atom. The number of nitrogens with zero attached hydrogens (tertiary/aromatic N) is 1. The fourth-order valence-electron chi connectivity index (χ4n) is 0.608. The van der Waals surface area contributed by atoms with Gasteiger partial charge < -0.3 is 14.4 Å². The Morgan fingerprint density at radius 2 is 2.07 bits per heavy atom. The van der Waals surface area contributed by atoms with E-state index in [0.717, 1.165) is 6.54 Å². The molecular weight excluding hydrogens is 204 g/mol. The summed E-state index contributed by atoms with van der Waals surface area (Å²) in [6.07, 6.45) is -0.581. The minimum absolute atomic E-state index is 0.0466. The number of alkyl carbamates (subject to hydrolysis) is 1. The van der Waals surface area contributed by atoms with Crippen LogP contribution < -0.4 is 5.32 Å². The molecule has 0 heterocycles. The molecule has 0 saturated heterocycles. The minimum Gasteiger partial charge on any atom is -0.469 e. The van der Waals surface area contributed by atoms with E-state index in [1.54, 1.807) is 6.92 Å². The van der Waals surface area contributed by atoms with Crippen molar-refractivity contribution in [2.75, 3.05) is 33.9 Å². The standard InChI is InChI=1S/C8H16N2O3S/c1-4-12-7(11)9-8(14)13-6-5-10(2)3/h4-6H2,1-3H3,(H,9,11,14). The number of thiocarbonyl (C=S) groups is 1. The van der Waals surface area contributed by atoms with Gasteiger partial charge in [-0.05, 0) is 33.2 Å². The van der Waals surface area contributed by atoms with E-state index in [9.17, 15) is 4.79 Å². The van der Waals surface area contributed by atoms with E-state index in [-0.39, 0.29) is 5.17 Å². The van der Waals surface area contributed by atoms with Crippen LogP contribution in [0.2, 0.25) is 0 Å². The second kappa shape index (κ2) is 7.52. The molecule has 0 fully saturated rings. The van der Waals surface area contributed by atoms with Crippen molar-refractivity contribution in [2.24, 2.45) is 0 Å². The predicted octanol–water partition coefficient (Wildman–Crippen LogP) is 0.596. The van der Waals surface area contributed by atoms with Gasteiger partial charge in [0, 0.05) is 6.54 Å². The molecule has 0 aromatic rings. The van der Waals surface area contributed by atoms with Gasteiger partial charge in [-0.2, -0.15) is 0 Å². The lowest BCUT2D eigenvalue weighted by Crippen LogP contribution is -2.33. The molecule has 0 aliphatic carbocycles. The summed E-state index contributed by atoms with van der Waals surface area (Å²) >= 11 is 4.74. The number of rotatable bonds is 4. The zero-order valence-electron chi connectivity index (χ0n) is 8.70. The van der Waals surface area contributed by atoms with Gasteiger partial charge in [0.15, 0.2) is 0 Å². The van der Waals surface area contributed by atoms with Crippen molar-refractivity contribution >= 4 is 23.5 Å². The molecule has 1 amide bonds. The quantitative estimate of drug-likeness (QED) is 0.703. The van der Waals surface area contributed by atoms with Crippen LogP contribution in [0.3, 0.4) is 0 Å². The summed E-state index contributed by atoms with van der Waals surface area (Å²) in [6, 6.07) is 0. The molecule has 0 aliphatic rings. The van der Waals surface area contributed by atoms with E-state index < -0.39 is 6.09 Å². The van der Waals surface area contributed by atoms with Crippen LogP contribution in [-0.4, -0.2) is 50.0 Å². The first-order chi connectivity index (χ1) is 6.56. The lowest BCUT2D eigenvalue weighted by atomic mass is 10.6.